The van der Waals surface area contributed by atoms with Gasteiger partial charge in [-0.25, -0.2) is 0 Å². The third kappa shape index (κ3) is 3.87. The molecule has 0 unspecified atom stereocenters. The third-order valence-electron chi connectivity index (χ3n) is 5.92. The van der Waals surface area contributed by atoms with Gasteiger partial charge in [0.2, 0.25) is 11.8 Å². The number of fused-ring (bicyclic) bond motifs is 2. The van der Waals surface area contributed by atoms with Gasteiger partial charge in [0.05, 0.1) is 31.7 Å². The van der Waals surface area contributed by atoms with Crippen LogP contribution in [0.1, 0.15) is 12.0 Å². The molecule has 2 aromatic rings. The fraction of sp³-hybridized carbons (Fsp3) is 0.348. The maximum absolute atomic E-state index is 13.2. The summed E-state index contributed by atoms with van der Waals surface area (Å²) in [7, 11) is 3.11. The zero-order chi connectivity index (χ0) is 21.1. The SMILES string of the molecule is COc1ccc(OC)c(NC(=O)[C@@H]2[C@@H](C(=O)NCc3cccnc3)[C@H]3C=C[C@H]2C3)c1. The number of amides is 2. The summed E-state index contributed by atoms with van der Waals surface area (Å²) in [6, 6.07) is 8.97. The zero-order valence-corrected chi connectivity index (χ0v) is 17.0. The van der Waals surface area contributed by atoms with Gasteiger partial charge in [0.1, 0.15) is 11.5 Å². The Labute approximate surface area is 175 Å². The van der Waals surface area contributed by atoms with Crippen LogP contribution in [0.2, 0.25) is 0 Å². The molecule has 7 heteroatoms. The van der Waals surface area contributed by atoms with Gasteiger partial charge in [-0.2, -0.15) is 0 Å². The van der Waals surface area contributed by atoms with E-state index in [1.165, 1.54) is 0 Å². The number of anilines is 1. The van der Waals surface area contributed by atoms with Crippen LogP contribution in [-0.2, 0) is 16.1 Å². The van der Waals surface area contributed by atoms with Crippen molar-refractivity contribution in [3.05, 3.63) is 60.4 Å². The number of carbonyl (C=O) groups excluding carboxylic acids is 2. The summed E-state index contributed by atoms with van der Waals surface area (Å²) in [6.07, 6.45) is 8.36. The van der Waals surface area contributed by atoms with Crippen LogP contribution in [-0.4, -0.2) is 31.0 Å². The molecule has 1 saturated carbocycles. The minimum Gasteiger partial charge on any atom is -0.497 e. The van der Waals surface area contributed by atoms with Crippen LogP contribution in [0.4, 0.5) is 5.69 Å². The monoisotopic (exact) mass is 407 g/mol. The van der Waals surface area contributed by atoms with Crippen molar-refractivity contribution in [3.63, 3.8) is 0 Å². The first-order valence-electron chi connectivity index (χ1n) is 9.98. The van der Waals surface area contributed by atoms with Gasteiger partial charge in [0.25, 0.3) is 0 Å². The number of nitrogens with zero attached hydrogens (tertiary/aromatic N) is 1. The predicted molar refractivity (Wildman–Crippen MR) is 112 cm³/mol. The maximum Gasteiger partial charge on any atom is 0.229 e. The van der Waals surface area contributed by atoms with Crippen molar-refractivity contribution in [2.45, 2.75) is 13.0 Å². The van der Waals surface area contributed by atoms with Gasteiger partial charge >= 0.3 is 0 Å². The zero-order valence-electron chi connectivity index (χ0n) is 17.0. The second-order valence-corrected chi connectivity index (χ2v) is 7.63. The van der Waals surface area contributed by atoms with Crippen LogP contribution >= 0.6 is 0 Å². The number of rotatable bonds is 7. The van der Waals surface area contributed by atoms with Gasteiger partial charge in [0, 0.05) is 25.0 Å². The lowest BCUT2D eigenvalue weighted by Gasteiger charge is -2.26. The average Bonchev–Trinajstić information content (AvgIpc) is 3.40. The Kier molecular flexibility index (Phi) is 5.70. The van der Waals surface area contributed by atoms with Gasteiger partial charge in [0.15, 0.2) is 0 Å². The van der Waals surface area contributed by atoms with Gasteiger partial charge < -0.3 is 20.1 Å². The fourth-order valence-corrected chi connectivity index (χ4v) is 4.47. The molecular formula is C23H25N3O4. The lowest BCUT2D eigenvalue weighted by molar-refractivity contribution is -0.133. The highest BCUT2D eigenvalue weighted by atomic mass is 16.5. The number of allylic oxidation sites excluding steroid dienone is 2. The topological polar surface area (TPSA) is 89.5 Å². The second kappa shape index (κ2) is 8.57. The van der Waals surface area contributed by atoms with Crippen LogP contribution in [0, 0.1) is 23.7 Å². The smallest absolute Gasteiger partial charge is 0.229 e. The third-order valence-corrected chi connectivity index (χ3v) is 5.92. The highest BCUT2D eigenvalue weighted by molar-refractivity contribution is 5.98. The minimum atomic E-state index is -0.426. The number of aromatic nitrogens is 1. The average molecular weight is 407 g/mol. The van der Waals surface area contributed by atoms with Crippen molar-refractivity contribution in [1.82, 2.24) is 10.3 Å². The molecule has 4 rings (SSSR count). The van der Waals surface area contributed by atoms with Crippen molar-refractivity contribution in [1.29, 1.82) is 0 Å². The summed E-state index contributed by atoms with van der Waals surface area (Å²) in [5.41, 5.74) is 1.45. The Hall–Kier alpha value is -3.35. The van der Waals surface area contributed by atoms with Crippen LogP contribution in [0.15, 0.2) is 54.9 Å². The molecule has 156 valence electrons. The summed E-state index contributed by atoms with van der Waals surface area (Å²) in [5, 5.41) is 5.93. The number of ether oxygens (including phenoxy) is 2. The Morgan fingerprint density at radius 1 is 1.07 bits per heavy atom. The summed E-state index contributed by atoms with van der Waals surface area (Å²) < 4.78 is 10.6. The molecular weight excluding hydrogens is 382 g/mol. The number of hydrogen-bond donors (Lipinski definition) is 2. The Bertz CT molecular complexity index is 960. The Morgan fingerprint density at radius 3 is 2.50 bits per heavy atom. The van der Waals surface area contributed by atoms with E-state index in [0.29, 0.717) is 23.7 Å². The predicted octanol–water partition coefficient (Wildman–Crippen LogP) is 2.79. The molecule has 1 aromatic carbocycles. The summed E-state index contributed by atoms with van der Waals surface area (Å²) in [6.45, 7) is 0.391. The Balaban J connectivity index is 1.50. The summed E-state index contributed by atoms with van der Waals surface area (Å²) >= 11 is 0. The first-order valence-corrected chi connectivity index (χ1v) is 9.98. The molecule has 0 aliphatic heterocycles. The van der Waals surface area contributed by atoms with Crippen LogP contribution in [0.3, 0.4) is 0 Å². The van der Waals surface area contributed by atoms with Crippen LogP contribution < -0.4 is 20.1 Å². The molecule has 4 atom stereocenters. The summed E-state index contributed by atoms with van der Waals surface area (Å²) in [4.78, 5) is 30.3. The van der Waals surface area contributed by atoms with E-state index in [4.69, 9.17) is 9.47 Å². The molecule has 1 fully saturated rings. The molecule has 0 radical (unpaired) electrons. The van der Waals surface area contributed by atoms with Crippen molar-refractivity contribution >= 4 is 17.5 Å². The fourth-order valence-electron chi connectivity index (χ4n) is 4.47. The number of hydrogen-bond acceptors (Lipinski definition) is 5. The molecule has 2 aliphatic rings. The van der Waals surface area contributed by atoms with Crippen molar-refractivity contribution in [2.24, 2.45) is 23.7 Å². The highest BCUT2D eigenvalue weighted by Crippen LogP contribution is 2.48. The van der Waals surface area contributed by atoms with Gasteiger partial charge in [-0.05, 0) is 42.0 Å². The molecule has 30 heavy (non-hydrogen) atoms. The largest absolute Gasteiger partial charge is 0.497 e. The molecule has 0 spiro atoms. The molecule has 2 aliphatic carbocycles. The van der Waals surface area contributed by atoms with E-state index in [1.807, 2.05) is 12.1 Å². The van der Waals surface area contributed by atoms with E-state index in [9.17, 15) is 9.59 Å². The molecule has 2 amide bonds. The minimum absolute atomic E-state index is 0.0562. The van der Waals surface area contributed by atoms with Crippen molar-refractivity contribution in [2.75, 3.05) is 19.5 Å². The molecule has 2 bridgehead atoms. The first kappa shape index (κ1) is 19.9. The van der Waals surface area contributed by atoms with E-state index in [2.05, 4.69) is 27.8 Å². The van der Waals surface area contributed by atoms with Crippen LogP contribution in [0.5, 0.6) is 11.5 Å². The molecule has 1 heterocycles. The normalized spacial score (nSPS) is 23.8. The number of benzene rings is 1. The lowest BCUT2D eigenvalue weighted by atomic mass is 9.81. The second-order valence-electron chi connectivity index (χ2n) is 7.63. The molecule has 1 aromatic heterocycles. The van der Waals surface area contributed by atoms with E-state index in [1.54, 1.807) is 44.8 Å². The molecule has 2 N–H and O–H groups in total. The quantitative estimate of drug-likeness (QED) is 0.689. The van der Waals surface area contributed by atoms with E-state index in [-0.39, 0.29) is 23.7 Å². The van der Waals surface area contributed by atoms with Crippen molar-refractivity contribution < 1.29 is 19.1 Å². The highest BCUT2D eigenvalue weighted by Gasteiger charge is 2.51. The van der Waals surface area contributed by atoms with Gasteiger partial charge in [-0.1, -0.05) is 18.2 Å². The standard InChI is InChI=1S/C23H25N3O4/c1-29-17-7-8-19(30-2)18(11-17)26-23(28)21-16-6-5-15(10-16)20(21)22(27)25-13-14-4-3-9-24-12-14/h3-9,11-12,15-16,20-21H,10,13H2,1-2H3,(H,25,27)(H,26,28)/t15-,16-,20-,21-/m0/s1. The number of methoxy groups -OCH3 is 2. The first-order chi connectivity index (χ1) is 14.6. The summed E-state index contributed by atoms with van der Waals surface area (Å²) in [5.74, 6) is 0.184. The Morgan fingerprint density at radius 2 is 1.83 bits per heavy atom. The molecule has 0 saturated heterocycles. The number of carbonyl (C=O) groups is 2. The lowest BCUT2D eigenvalue weighted by Crippen LogP contribution is -2.41. The maximum atomic E-state index is 13.2. The van der Waals surface area contributed by atoms with Crippen LogP contribution in [0.25, 0.3) is 0 Å². The molecule has 7 nitrogen and oxygen atoms in total. The van der Waals surface area contributed by atoms with E-state index < -0.39 is 11.8 Å². The van der Waals surface area contributed by atoms with E-state index >= 15 is 0 Å². The van der Waals surface area contributed by atoms with Gasteiger partial charge in [-0.15, -0.1) is 0 Å². The van der Waals surface area contributed by atoms with E-state index in [0.717, 1.165) is 12.0 Å². The van der Waals surface area contributed by atoms with Gasteiger partial charge in [-0.3, -0.25) is 14.6 Å². The number of nitrogens with one attached hydrogen (secondary N) is 2. The number of pyridine rings is 1. The van der Waals surface area contributed by atoms with Crippen molar-refractivity contribution in [3.8, 4) is 11.5 Å².